The summed E-state index contributed by atoms with van der Waals surface area (Å²) in [6.45, 7) is 9.44. The lowest BCUT2D eigenvalue weighted by Crippen LogP contribution is -2.44. The summed E-state index contributed by atoms with van der Waals surface area (Å²) in [5, 5.41) is 23.2. The Bertz CT molecular complexity index is 917. The molecule has 9 nitrogen and oxygen atoms in total. The fourth-order valence-electron chi connectivity index (χ4n) is 4.87. The molecule has 0 aliphatic heterocycles. The number of carboxylic acid groups (broad SMARTS) is 1. The van der Waals surface area contributed by atoms with E-state index in [4.69, 9.17) is 19.9 Å². The maximum absolute atomic E-state index is 12.9. The molecule has 0 heterocycles. The van der Waals surface area contributed by atoms with Crippen molar-refractivity contribution >= 4 is 11.9 Å². The lowest BCUT2D eigenvalue weighted by Gasteiger charge is -2.30. The molecular weight excluding hydrogens is 500 g/mol. The summed E-state index contributed by atoms with van der Waals surface area (Å²) in [7, 11) is 3.28. The van der Waals surface area contributed by atoms with Crippen LogP contribution in [-0.4, -0.2) is 68.2 Å². The molecule has 0 radical (unpaired) electrons. The third-order valence-electron chi connectivity index (χ3n) is 8.03. The molecule has 222 valence electrons. The number of aliphatic carboxylic acids is 1. The Morgan fingerprint density at radius 1 is 1.05 bits per heavy atom. The van der Waals surface area contributed by atoms with Crippen molar-refractivity contribution in [2.45, 2.75) is 78.4 Å². The number of rotatable bonds is 19. The highest BCUT2D eigenvalue weighted by Crippen LogP contribution is 2.45. The average Bonchev–Trinajstić information content (AvgIpc) is 3.69. The molecule has 0 unspecified atom stereocenters. The van der Waals surface area contributed by atoms with E-state index in [1.54, 1.807) is 14.2 Å². The molecule has 0 bridgehead atoms. The monoisotopic (exact) mass is 550 g/mol. The smallest absolute Gasteiger partial charge is 0.311 e. The number of methoxy groups -OCH3 is 2. The maximum Gasteiger partial charge on any atom is 0.311 e. The lowest BCUT2D eigenvalue weighted by atomic mass is 9.80. The van der Waals surface area contributed by atoms with Gasteiger partial charge in [-0.05, 0) is 67.6 Å². The molecule has 9 heteroatoms. The first kappa shape index (κ1) is 32.8. The standard InChI is InChI=1S/C30H50N2O7/c1-19(2)22(14-21-8-9-26(38-6)27(15-21)39-13-7-12-37-5)16-24(31)25(33)17-23(20(3)4)28(34)32-18-30(10-11-30)29(35)36/h8-9,15,19-20,22-25,33H,7,10-14,16-18,31H2,1-6H3,(H,32,34)(H,35,36)/t22-,23-,24-,25-/m0/s1. The summed E-state index contributed by atoms with van der Waals surface area (Å²) in [6, 6.07) is 5.45. The zero-order valence-corrected chi connectivity index (χ0v) is 24.6. The van der Waals surface area contributed by atoms with Gasteiger partial charge in [0.2, 0.25) is 5.91 Å². The number of nitrogens with two attached hydrogens (primary N) is 1. The Kier molecular flexibility index (Phi) is 13.0. The number of ether oxygens (including phenoxy) is 3. The number of carboxylic acids is 1. The van der Waals surface area contributed by atoms with Crippen LogP contribution in [0.3, 0.4) is 0 Å². The summed E-state index contributed by atoms with van der Waals surface area (Å²) in [6.07, 6.45) is 2.68. The van der Waals surface area contributed by atoms with Crippen LogP contribution in [0, 0.1) is 29.1 Å². The predicted molar refractivity (Wildman–Crippen MR) is 151 cm³/mol. The number of benzene rings is 1. The van der Waals surface area contributed by atoms with E-state index < -0.39 is 29.4 Å². The Morgan fingerprint density at radius 2 is 1.74 bits per heavy atom. The van der Waals surface area contributed by atoms with Gasteiger partial charge in [-0.25, -0.2) is 0 Å². The average molecular weight is 551 g/mol. The highest BCUT2D eigenvalue weighted by molar-refractivity contribution is 5.82. The van der Waals surface area contributed by atoms with E-state index in [2.05, 4.69) is 19.2 Å². The van der Waals surface area contributed by atoms with Crippen molar-refractivity contribution in [1.29, 1.82) is 0 Å². The summed E-state index contributed by atoms with van der Waals surface area (Å²) < 4.78 is 16.5. The Hall–Kier alpha value is -2.36. The largest absolute Gasteiger partial charge is 0.493 e. The zero-order chi connectivity index (χ0) is 29.2. The van der Waals surface area contributed by atoms with Gasteiger partial charge in [-0.2, -0.15) is 0 Å². The molecule has 1 amide bonds. The zero-order valence-electron chi connectivity index (χ0n) is 24.6. The van der Waals surface area contributed by atoms with Gasteiger partial charge in [0.25, 0.3) is 0 Å². The maximum atomic E-state index is 12.9. The van der Waals surface area contributed by atoms with Crippen LogP contribution in [-0.2, 0) is 20.7 Å². The molecule has 4 atom stereocenters. The molecule has 1 aliphatic rings. The minimum absolute atomic E-state index is 0.0191. The molecule has 1 aromatic carbocycles. The number of aliphatic hydroxyl groups excluding tert-OH is 1. The molecular formula is C30H50N2O7. The molecule has 1 saturated carbocycles. The van der Waals surface area contributed by atoms with Crippen LogP contribution >= 0.6 is 0 Å². The first-order valence-electron chi connectivity index (χ1n) is 14.2. The van der Waals surface area contributed by atoms with Crippen LogP contribution in [0.15, 0.2) is 18.2 Å². The second-order valence-electron chi connectivity index (χ2n) is 11.7. The van der Waals surface area contributed by atoms with Gasteiger partial charge in [0, 0.05) is 38.6 Å². The Balaban J connectivity index is 2.00. The molecule has 5 N–H and O–H groups in total. The van der Waals surface area contributed by atoms with Crippen LogP contribution in [0.1, 0.15) is 65.4 Å². The van der Waals surface area contributed by atoms with Gasteiger partial charge in [0.1, 0.15) is 0 Å². The third kappa shape index (κ3) is 9.96. The molecule has 0 saturated heterocycles. The van der Waals surface area contributed by atoms with Crippen molar-refractivity contribution in [2.24, 2.45) is 34.8 Å². The Morgan fingerprint density at radius 3 is 2.28 bits per heavy atom. The van der Waals surface area contributed by atoms with Crippen LogP contribution in [0.4, 0.5) is 0 Å². The fraction of sp³-hybridized carbons (Fsp3) is 0.733. The van der Waals surface area contributed by atoms with E-state index in [9.17, 15) is 19.8 Å². The third-order valence-corrected chi connectivity index (χ3v) is 8.03. The van der Waals surface area contributed by atoms with Gasteiger partial charge in [0.05, 0.1) is 25.2 Å². The molecule has 1 fully saturated rings. The number of carbonyl (C=O) groups is 2. The van der Waals surface area contributed by atoms with Gasteiger partial charge >= 0.3 is 5.97 Å². The Labute approximate surface area is 233 Å². The number of hydrogen-bond donors (Lipinski definition) is 4. The van der Waals surface area contributed by atoms with Gasteiger partial charge < -0.3 is 35.5 Å². The van der Waals surface area contributed by atoms with Gasteiger partial charge in [-0.3, -0.25) is 9.59 Å². The van der Waals surface area contributed by atoms with Gasteiger partial charge in [-0.1, -0.05) is 33.8 Å². The second kappa shape index (κ2) is 15.4. The predicted octanol–water partition coefficient (Wildman–Crippen LogP) is 3.65. The topological polar surface area (TPSA) is 140 Å². The molecule has 0 spiro atoms. The van der Waals surface area contributed by atoms with Crippen molar-refractivity contribution in [1.82, 2.24) is 5.32 Å². The summed E-state index contributed by atoms with van der Waals surface area (Å²) in [5.41, 5.74) is 6.78. The van der Waals surface area contributed by atoms with Crippen LogP contribution in [0.25, 0.3) is 0 Å². The fourth-order valence-corrected chi connectivity index (χ4v) is 4.87. The number of aliphatic hydroxyl groups is 1. The minimum atomic E-state index is -0.868. The second-order valence-corrected chi connectivity index (χ2v) is 11.7. The SMILES string of the molecule is COCCCOc1cc(C[C@@H](C[C@H](N)[C@@H](O)C[C@H](C(=O)NCC2(C(=O)O)CC2)C(C)C)C(C)C)ccc1OC. The van der Waals surface area contributed by atoms with Crippen molar-refractivity contribution in [3.8, 4) is 11.5 Å². The molecule has 0 aromatic heterocycles. The normalized spacial score (nSPS) is 17.4. The van der Waals surface area contributed by atoms with Gasteiger partial charge in [0.15, 0.2) is 11.5 Å². The van der Waals surface area contributed by atoms with Crippen molar-refractivity contribution in [2.75, 3.05) is 34.0 Å². The van der Waals surface area contributed by atoms with Crippen LogP contribution in [0.5, 0.6) is 11.5 Å². The number of nitrogens with one attached hydrogen (secondary N) is 1. The molecule has 2 rings (SSSR count). The number of amides is 1. The van der Waals surface area contributed by atoms with Crippen molar-refractivity contribution < 1.29 is 34.0 Å². The molecule has 1 aromatic rings. The first-order valence-corrected chi connectivity index (χ1v) is 14.2. The van der Waals surface area contributed by atoms with Crippen molar-refractivity contribution in [3.05, 3.63) is 23.8 Å². The van der Waals surface area contributed by atoms with Crippen molar-refractivity contribution in [3.63, 3.8) is 0 Å². The first-order chi connectivity index (χ1) is 18.4. The quantitative estimate of drug-likeness (QED) is 0.191. The molecule has 1 aliphatic carbocycles. The minimum Gasteiger partial charge on any atom is -0.493 e. The van der Waals surface area contributed by atoms with Crippen LogP contribution in [0.2, 0.25) is 0 Å². The lowest BCUT2D eigenvalue weighted by molar-refractivity contribution is -0.143. The van der Waals surface area contributed by atoms with E-state index in [-0.39, 0.29) is 30.7 Å². The highest BCUT2D eigenvalue weighted by atomic mass is 16.5. The van der Waals surface area contributed by atoms with E-state index in [1.807, 2.05) is 32.0 Å². The molecule has 39 heavy (non-hydrogen) atoms. The van der Waals surface area contributed by atoms with E-state index in [0.717, 1.165) is 18.4 Å². The number of hydrogen-bond acceptors (Lipinski definition) is 7. The highest BCUT2D eigenvalue weighted by Gasteiger charge is 2.50. The van der Waals surface area contributed by atoms with Crippen LogP contribution < -0.4 is 20.5 Å². The van der Waals surface area contributed by atoms with E-state index in [0.29, 0.717) is 49.9 Å². The summed E-state index contributed by atoms with van der Waals surface area (Å²) in [5.74, 6) is 0.347. The van der Waals surface area contributed by atoms with E-state index in [1.165, 1.54) is 0 Å². The summed E-state index contributed by atoms with van der Waals surface area (Å²) in [4.78, 5) is 24.4. The van der Waals surface area contributed by atoms with Gasteiger partial charge in [-0.15, -0.1) is 0 Å². The number of carbonyl (C=O) groups excluding carboxylic acids is 1. The van der Waals surface area contributed by atoms with E-state index >= 15 is 0 Å². The summed E-state index contributed by atoms with van der Waals surface area (Å²) >= 11 is 0.